The number of amides is 2. The SMILES string of the molecule is CN(Cc1c(C(=O)NN=Cc2ccc(OCC(N)=O)cc2)nnn1-c1nonc1N)c1ccccc1. The van der Waals surface area contributed by atoms with Gasteiger partial charge in [-0.15, -0.1) is 5.10 Å². The van der Waals surface area contributed by atoms with Gasteiger partial charge in [-0.1, -0.05) is 23.4 Å². The number of hydrazone groups is 1. The molecule has 5 N–H and O–H groups in total. The minimum absolute atomic E-state index is 0.00301. The number of benzene rings is 2. The number of hydrogen-bond acceptors (Lipinski definition) is 11. The van der Waals surface area contributed by atoms with Crippen LogP contribution in [0.3, 0.4) is 0 Å². The molecule has 2 amide bonds. The molecule has 0 spiro atoms. The Labute approximate surface area is 204 Å². The Kier molecular flexibility index (Phi) is 7.14. The number of primary amides is 1. The highest BCUT2D eigenvalue weighted by Gasteiger charge is 2.25. The zero-order chi connectivity index (χ0) is 25.5. The van der Waals surface area contributed by atoms with E-state index in [0.717, 1.165) is 5.69 Å². The summed E-state index contributed by atoms with van der Waals surface area (Å²) in [5.41, 5.74) is 15.3. The second-order valence-corrected chi connectivity index (χ2v) is 7.48. The summed E-state index contributed by atoms with van der Waals surface area (Å²) in [7, 11) is 1.85. The summed E-state index contributed by atoms with van der Waals surface area (Å²) >= 11 is 0. The molecule has 0 radical (unpaired) electrons. The first-order chi connectivity index (χ1) is 17.4. The Morgan fingerprint density at radius 1 is 1.17 bits per heavy atom. The van der Waals surface area contributed by atoms with Gasteiger partial charge in [0.2, 0.25) is 11.6 Å². The maximum absolute atomic E-state index is 12.9. The highest BCUT2D eigenvalue weighted by atomic mass is 16.6. The third-order valence-corrected chi connectivity index (χ3v) is 4.90. The number of carbonyl (C=O) groups excluding carboxylic acids is 2. The Balaban J connectivity index is 1.51. The molecule has 0 fully saturated rings. The standard InChI is InChI=1S/C22H22N10O4/c1-31(15-5-3-2-4-6-15)12-17-19(26-30-32(17)21-20(24)28-36-29-21)22(34)27-25-11-14-7-9-16(10-8-14)35-13-18(23)33/h2-11H,12-13H2,1H3,(H2,23,33)(H2,24,28)(H,27,34). The van der Waals surface area contributed by atoms with Crippen LogP contribution in [0.25, 0.3) is 5.82 Å². The van der Waals surface area contributed by atoms with Gasteiger partial charge in [-0.3, -0.25) is 9.59 Å². The first kappa shape index (κ1) is 23.9. The molecule has 4 aromatic rings. The van der Waals surface area contributed by atoms with Crippen molar-refractivity contribution in [2.24, 2.45) is 10.8 Å². The van der Waals surface area contributed by atoms with Gasteiger partial charge in [0.15, 0.2) is 12.3 Å². The second-order valence-electron chi connectivity index (χ2n) is 7.48. The Hall–Kier alpha value is -5.27. The van der Waals surface area contributed by atoms with E-state index in [9.17, 15) is 9.59 Å². The number of aromatic nitrogens is 5. The Morgan fingerprint density at radius 3 is 2.58 bits per heavy atom. The van der Waals surface area contributed by atoms with Crippen LogP contribution in [0.4, 0.5) is 11.5 Å². The molecule has 2 aromatic heterocycles. The lowest BCUT2D eigenvalue weighted by Crippen LogP contribution is -2.24. The topological polar surface area (TPSA) is 193 Å². The Morgan fingerprint density at radius 2 is 1.92 bits per heavy atom. The molecule has 0 aliphatic carbocycles. The van der Waals surface area contributed by atoms with Crippen LogP contribution in [0.2, 0.25) is 0 Å². The average molecular weight is 490 g/mol. The van der Waals surface area contributed by atoms with E-state index in [-0.39, 0.29) is 30.5 Å². The highest BCUT2D eigenvalue weighted by Crippen LogP contribution is 2.20. The van der Waals surface area contributed by atoms with Crippen molar-refractivity contribution in [1.29, 1.82) is 0 Å². The molecular formula is C22H22N10O4. The summed E-state index contributed by atoms with van der Waals surface area (Å²) in [5.74, 6) is -0.584. The van der Waals surface area contributed by atoms with Crippen molar-refractivity contribution in [2.45, 2.75) is 6.54 Å². The van der Waals surface area contributed by atoms with Crippen molar-refractivity contribution in [3.63, 3.8) is 0 Å². The fourth-order valence-electron chi connectivity index (χ4n) is 3.15. The van der Waals surface area contributed by atoms with Crippen LogP contribution < -0.4 is 26.5 Å². The van der Waals surface area contributed by atoms with Crippen LogP contribution in [0.5, 0.6) is 5.75 Å². The number of nitrogen functional groups attached to an aromatic ring is 1. The van der Waals surface area contributed by atoms with Crippen molar-refractivity contribution >= 4 is 29.5 Å². The van der Waals surface area contributed by atoms with Crippen LogP contribution in [-0.4, -0.2) is 57.0 Å². The molecule has 36 heavy (non-hydrogen) atoms. The van der Waals surface area contributed by atoms with E-state index in [1.54, 1.807) is 24.3 Å². The lowest BCUT2D eigenvalue weighted by Gasteiger charge is -2.19. The summed E-state index contributed by atoms with van der Waals surface area (Å²) in [4.78, 5) is 25.6. The van der Waals surface area contributed by atoms with Gasteiger partial charge < -0.3 is 21.1 Å². The third kappa shape index (κ3) is 5.61. The number of para-hydroxylation sites is 1. The fourth-order valence-corrected chi connectivity index (χ4v) is 3.15. The lowest BCUT2D eigenvalue weighted by molar-refractivity contribution is -0.119. The fraction of sp³-hybridized carbons (Fsp3) is 0.136. The molecule has 0 aliphatic heterocycles. The molecule has 2 aromatic carbocycles. The molecule has 0 aliphatic rings. The molecular weight excluding hydrogens is 468 g/mol. The smallest absolute Gasteiger partial charge is 0.293 e. The van der Waals surface area contributed by atoms with Gasteiger partial charge in [0, 0.05) is 12.7 Å². The number of hydrogen-bond donors (Lipinski definition) is 3. The van der Waals surface area contributed by atoms with Gasteiger partial charge in [-0.25, -0.2) is 10.1 Å². The maximum Gasteiger partial charge on any atom is 0.293 e. The number of nitrogens with zero attached hydrogens (tertiary/aromatic N) is 7. The molecule has 14 nitrogen and oxygen atoms in total. The zero-order valence-electron chi connectivity index (χ0n) is 19.1. The average Bonchev–Trinajstić information content (AvgIpc) is 3.49. The van der Waals surface area contributed by atoms with E-state index in [1.807, 2.05) is 42.3 Å². The highest BCUT2D eigenvalue weighted by molar-refractivity contribution is 5.94. The monoisotopic (exact) mass is 490 g/mol. The molecule has 14 heteroatoms. The summed E-state index contributed by atoms with van der Waals surface area (Å²) in [6, 6.07) is 16.2. The predicted molar refractivity (Wildman–Crippen MR) is 128 cm³/mol. The summed E-state index contributed by atoms with van der Waals surface area (Å²) < 4.78 is 11.2. The van der Waals surface area contributed by atoms with E-state index < -0.39 is 11.8 Å². The van der Waals surface area contributed by atoms with Crippen molar-refractivity contribution < 1.29 is 19.0 Å². The van der Waals surface area contributed by atoms with Gasteiger partial charge in [-0.2, -0.15) is 9.78 Å². The molecule has 184 valence electrons. The van der Waals surface area contributed by atoms with Crippen LogP contribution in [0, 0.1) is 0 Å². The molecule has 0 atom stereocenters. The van der Waals surface area contributed by atoms with E-state index in [4.69, 9.17) is 16.2 Å². The van der Waals surface area contributed by atoms with Crippen LogP contribution in [-0.2, 0) is 11.3 Å². The molecule has 0 bridgehead atoms. The van der Waals surface area contributed by atoms with Gasteiger partial charge in [0.1, 0.15) is 5.75 Å². The number of carbonyl (C=O) groups is 2. The minimum atomic E-state index is -0.592. The molecule has 0 saturated carbocycles. The molecule has 0 unspecified atom stereocenters. The minimum Gasteiger partial charge on any atom is -0.484 e. The predicted octanol–water partition coefficient (Wildman–Crippen LogP) is 0.497. The largest absolute Gasteiger partial charge is 0.484 e. The lowest BCUT2D eigenvalue weighted by atomic mass is 10.2. The van der Waals surface area contributed by atoms with E-state index in [0.29, 0.717) is 17.0 Å². The maximum atomic E-state index is 12.9. The van der Waals surface area contributed by atoms with Crippen molar-refractivity contribution in [1.82, 2.24) is 30.7 Å². The molecule has 4 rings (SSSR count). The summed E-state index contributed by atoms with van der Waals surface area (Å²) in [5, 5.41) is 19.4. The van der Waals surface area contributed by atoms with Crippen molar-refractivity contribution in [3.8, 4) is 11.6 Å². The van der Waals surface area contributed by atoms with Gasteiger partial charge >= 0.3 is 0 Å². The van der Waals surface area contributed by atoms with Gasteiger partial charge in [0.05, 0.1) is 18.5 Å². The van der Waals surface area contributed by atoms with Gasteiger partial charge in [0.25, 0.3) is 11.8 Å². The van der Waals surface area contributed by atoms with E-state index >= 15 is 0 Å². The number of ether oxygens (including phenoxy) is 1. The number of anilines is 2. The zero-order valence-corrected chi connectivity index (χ0v) is 19.1. The third-order valence-electron chi connectivity index (χ3n) is 4.90. The van der Waals surface area contributed by atoms with Crippen LogP contribution >= 0.6 is 0 Å². The van der Waals surface area contributed by atoms with Gasteiger partial charge in [-0.05, 0) is 52.3 Å². The first-order valence-electron chi connectivity index (χ1n) is 10.6. The summed E-state index contributed by atoms with van der Waals surface area (Å²) in [6.45, 7) is 0.0184. The van der Waals surface area contributed by atoms with E-state index in [1.165, 1.54) is 10.9 Å². The van der Waals surface area contributed by atoms with Crippen molar-refractivity contribution in [3.05, 3.63) is 71.5 Å². The first-order valence-corrected chi connectivity index (χ1v) is 10.6. The quantitative estimate of drug-likeness (QED) is 0.208. The Bertz CT molecular complexity index is 1370. The molecule has 0 saturated heterocycles. The number of nitrogens with one attached hydrogen (secondary N) is 1. The van der Waals surface area contributed by atoms with E-state index in [2.05, 4.69) is 35.8 Å². The number of nitrogens with two attached hydrogens (primary N) is 2. The van der Waals surface area contributed by atoms with Crippen LogP contribution in [0.1, 0.15) is 21.7 Å². The van der Waals surface area contributed by atoms with Crippen LogP contribution in [0.15, 0.2) is 64.3 Å². The normalized spacial score (nSPS) is 10.9. The van der Waals surface area contributed by atoms with Crippen molar-refractivity contribution in [2.75, 3.05) is 24.3 Å². The summed E-state index contributed by atoms with van der Waals surface area (Å²) in [6.07, 6.45) is 1.44. The number of rotatable bonds is 10. The molecule has 2 heterocycles. The second kappa shape index (κ2) is 10.8.